The van der Waals surface area contributed by atoms with Gasteiger partial charge in [0.05, 0.1) is 12.8 Å². The second kappa shape index (κ2) is 6.17. The fourth-order valence-electron chi connectivity index (χ4n) is 1.21. The SMILES string of the molecule is CS(=O)(=O)NCCNC(=O)CNCC1CC1. The summed E-state index contributed by atoms with van der Waals surface area (Å²) in [7, 11) is -3.16. The minimum Gasteiger partial charge on any atom is -0.354 e. The van der Waals surface area contributed by atoms with Crippen molar-refractivity contribution < 1.29 is 13.2 Å². The molecule has 0 atom stereocenters. The van der Waals surface area contributed by atoms with Crippen molar-refractivity contribution in [1.29, 1.82) is 0 Å². The van der Waals surface area contributed by atoms with Crippen molar-refractivity contribution in [1.82, 2.24) is 15.4 Å². The first-order chi connectivity index (χ1) is 7.47. The first-order valence-electron chi connectivity index (χ1n) is 5.39. The molecule has 94 valence electrons. The smallest absolute Gasteiger partial charge is 0.234 e. The molecule has 0 aromatic rings. The summed E-state index contributed by atoms with van der Waals surface area (Å²) in [6.45, 7) is 1.74. The number of sulfonamides is 1. The Bertz CT molecular complexity index is 325. The molecule has 6 nitrogen and oxygen atoms in total. The molecule has 1 rings (SSSR count). The van der Waals surface area contributed by atoms with E-state index in [4.69, 9.17) is 0 Å². The van der Waals surface area contributed by atoms with Crippen LogP contribution in [0.2, 0.25) is 0 Å². The van der Waals surface area contributed by atoms with Crippen molar-refractivity contribution >= 4 is 15.9 Å². The van der Waals surface area contributed by atoms with Gasteiger partial charge in [-0.3, -0.25) is 4.79 Å². The third kappa shape index (κ3) is 7.61. The summed E-state index contributed by atoms with van der Waals surface area (Å²) >= 11 is 0. The van der Waals surface area contributed by atoms with Gasteiger partial charge in [-0.25, -0.2) is 13.1 Å². The van der Waals surface area contributed by atoms with E-state index in [-0.39, 0.29) is 12.5 Å². The van der Waals surface area contributed by atoms with Gasteiger partial charge in [0.2, 0.25) is 15.9 Å². The van der Waals surface area contributed by atoms with Crippen LogP contribution in [0.5, 0.6) is 0 Å². The summed E-state index contributed by atoms with van der Waals surface area (Å²) in [5, 5.41) is 5.67. The second-order valence-electron chi connectivity index (χ2n) is 4.09. The van der Waals surface area contributed by atoms with Crippen LogP contribution in [0, 0.1) is 5.92 Å². The van der Waals surface area contributed by atoms with Crippen molar-refractivity contribution in [3.05, 3.63) is 0 Å². The maximum atomic E-state index is 11.2. The molecule has 0 spiro atoms. The molecule has 0 unspecified atom stereocenters. The molecule has 7 heteroatoms. The van der Waals surface area contributed by atoms with Crippen molar-refractivity contribution in [3.63, 3.8) is 0 Å². The van der Waals surface area contributed by atoms with Gasteiger partial charge < -0.3 is 10.6 Å². The number of nitrogens with one attached hydrogen (secondary N) is 3. The minimum absolute atomic E-state index is 0.101. The van der Waals surface area contributed by atoms with Crippen molar-refractivity contribution in [2.75, 3.05) is 32.4 Å². The lowest BCUT2D eigenvalue weighted by Gasteiger charge is -2.06. The molecular weight excluding hydrogens is 230 g/mol. The number of carbonyl (C=O) groups excluding carboxylic acids is 1. The molecule has 16 heavy (non-hydrogen) atoms. The molecule has 1 amide bonds. The number of carbonyl (C=O) groups is 1. The molecule has 0 bridgehead atoms. The summed E-state index contributed by atoms with van der Waals surface area (Å²) in [5.74, 6) is 0.649. The van der Waals surface area contributed by atoms with Gasteiger partial charge in [0.1, 0.15) is 0 Å². The Morgan fingerprint density at radius 2 is 2.00 bits per heavy atom. The quantitative estimate of drug-likeness (QED) is 0.464. The van der Waals surface area contributed by atoms with Gasteiger partial charge in [-0.05, 0) is 25.3 Å². The van der Waals surface area contributed by atoms with Gasteiger partial charge in [0, 0.05) is 13.1 Å². The normalized spacial score (nSPS) is 16.1. The van der Waals surface area contributed by atoms with Crippen molar-refractivity contribution in [3.8, 4) is 0 Å². The first-order valence-corrected chi connectivity index (χ1v) is 7.28. The summed E-state index contributed by atoms with van der Waals surface area (Å²) in [4.78, 5) is 11.2. The Morgan fingerprint density at radius 3 is 2.56 bits per heavy atom. The monoisotopic (exact) mass is 249 g/mol. The summed E-state index contributed by atoms with van der Waals surface area (Å²) in [6.07, 6.45) is 3.60. The third-order valence-electron chi connectivity index (χ3n) is 2.23. The predicted octanol–water partition coefficient (Wildman–Crippen LogP) is -1.35. The van der Waals surface area contributed by atoms with E-state index in [1.165, 1.54) is 12.8 Å². The van der Waals surface area contributed by atoms with Crippen LogP contribution in [0.25, 0.3) is 0 Å². The Morgan fingerprint density at radius 1 is 1.31 bits per heavy atom. The highest BCUT2D eigenvalue weighted by Gasteiger charge is 2.20. The van der Waals surface area contributed by atoms with E-state index in [1.54, 1.807) is 0 Å². The topological polar surface area (TPSA) is 87.3 Å². The molecule has 0 aromatic heterocycles. The zero-order valence-corrected chi connectivity index (χ0v) is 10.3. The van der Waals surface area contributed by atoms with Crippen LogP contribution in [0.15, 0.2) is 0 Å². The number of amides is 1. The standard InChI is InChI=1S/C9H19N3O3S/c1-16(14,15)12-5-4-11-9(13)7-10-6-8-2-3-8/h8,10,12H,2-7H2,1H3,(H,11,13). The van der Waals surface area contributed by atoms with Crippen molar-refractivity contribution in [2.45, 2.75) is 12.8 Å². The van der Waals surface area contributed by atoms with E-state index in [9.17, 15) is 13.2 Å². The fraction of sp³-hybridized carbons (Fsp3) is 0.889. The number of hydrogen-bond acceptors (Lipinski definition) is 4. The molecule has 0 aliphatic heterocycles. The predicted molar refractivity (Wildman–Crippen MR) is 61.4 cm³/mol. The van der Waals surface area contributed by atoms with E-state index in [0.717, 1.165) is 18.7 Å². The summed E-state index contributed by atoms with van der Waals surface area (Å²) < 4.78 is 23.7. The fourth-order valence-corrected chi connectivity index (χ4v) is 1.69. The average molecular weight is 249 g/mol. The molecule has 0 saturated heterocycles. The second-order valence-corrected chi connectivity index (χ2v) is 5.92. The molecule has 1 aliphatic carbocycles. The number of hydrogen-bond donors (Lipinski definition) is 3. The Hall–Kier alpha value is -0.660. The highest BCUT2D eigenvalue weighted by molar-refractivity contribution is 7.88. The Labute approximate surface area is 96.2 Å². The van der Waals surface area contributed by atoms with Crippen LogP contribution in [0.1, 0.15) is 12.8 Å². The molecule has 0 aromatic carbocycles. The van der Waals surface area contributed by atoms with Crippen LogP contribution in [-0.2, 0) is 14.8 Å². The van der Waals surface area contributed by atoms with Crippen LogP contribution in [0.3, 0.4) is 0 Å². The third-order valence-corrected chi connectivity index (χ3v) is 2.96. The van der Waals surface area contributed by atoms with Crippen LogP contribution in [0.4, 0.5) is 0 Å². The zero-order valence-electron chi connectivity index (χ0n) is 9.45. The lowest BCUT2D eigenvalue weighted by Crippen LogP contribution is -2.39. The molecule has 1 fully saturated rings. The van der Waals surface area contributed by atoms with E-state index < -0.39 is 10.0 Å². The van der Waals surface area contributed by atoms with Crippen LogP contribution < -0.4 is 15.4 Å². The van der Waals surface area contributed by atoms with Gasteiger partial charge >= 0.3 is 0 Å². The molecule has 0 heterocycles. The first kappa shape index (κ1) is 13.4. The molecule has 1 aliphatic rings. The maximum Gasteiger partial charge on any atom is 0.234 e. The molecule has 3 N–H and O–H groups in total. The Balaban J connectivity index is 1.92. The highest BCUT2D eigenvalue weighted by Crippen LogP contribution is 2.27. The van der Waals surface area contributed by atoms with E-state index in [2.05, 4.69) is 15.4 Å². The van der Waals surface area contributed by atoms with Gasteiger partial charge in [0.15, 0.2) is 0 Å². The molecule has 1 saturated carbocycles. The maximum absolute atomic E-state index is 11.2. The zero-order chi connectivity index (χ0) is 12.0. The van der Waals surface area contributed by atoms with E-state index in [0.29, 0.717) is 13.1 Å². The summed E-state index contributed by atoms with van der Waals surface area (Å²) in [6, 6.07) is 0. The van der Waals surface area contributed by atoms with Gasteiger partial charge in [-0.1, -0.05) is 0 Å². The largest absolute Gasteiger partial charge is 0.354 e. The van der Waals surface area contributed by atoms with Gasteiger partial charge in [-0.15, -0.1) is 0 Å². The van der Waals surface area contributed by atoms with Crippen molar-refractivity contribution in [2.24, 2.45) is 5.92 Å². The van der Waals surface area contributed by atoms with Crippen LogP contribution in [-0.4, -0.2) is 46.8 Å². The summed E-state index contributed by atoms with van der Waals surface area (Å²) in [5.41, 5.74) is 0. The average Bonchev–Trinajstić information content (AvgIpc) is 2.95. The van der Waals surface area contributed by atoms with Crippen LogP contribution >= 0.6 is 0 Å². The van der Waals surface area contributed by atoms with Gasteiger partial charge in [0.25, 0.3) is 0 Å². The number of rotatable bonds is 8. The van der Waals surface area contributed by atoms with E-state index >= 15 is 0 Å². The Kier molecular flexibility index (Phi) is 5.17. The highest BCUT2D eigenvalue weighted by atomic mass is 32.2. The lowest BCUT2D eigenvalue weighted by molar-refractivity contribution is -0.120. The van der Waals surface area contributed by atoms with E-state index in [1.807, 2.05) is 0 Å². The van der Waals surface area contributed by atoms with Gasteiger partial charge in [-0.2, -0.15) is 0 Å². The minimum atomic E-state index is -3.16. The molecule has 0 radical (unpaired) electrons. The molecular formula is C9H19N3O3S. The lowest BCUT2D eigenvalue weighted by atomic mass is 10.4.